The monoisotopic (exact) mass is 307 g/mol. The van der Waals surface area contributed by atoms with E-state index in [1.165, 1.54) is 16.6 Å². The molecule has 0 N–H and O–H groups in total. The summed E-state index contributed by atoms with van der Waals surface area (Å²) in [5.74, 6) is 0.776. The number of ether oxygens (including phenoxy) is 1. The van der Waals surface area contributed by atoms with Gasteiger partial charge in [0.05, 0.1) is 30.7 Å². The molecule has 0 radical (unpaired) electrons. The Morgan fingerprint density at radius 2 is 1.96 bits per heavy atom. The molecule has 0 saturated heterocycles. The van der Waals surface area contributed by atoms with Gasteiger partial charge in [-0.2, -0.15) is 0 Å². The molecular weight excluding hydrogens is 286 g/mol. The molecule has 2 aromatic heterocycles. The third kappa shape index (κ3) is 3.42. The Morgan fingerprint density at radius 1 is 1.13 bits per heavy atom. The molecule has 0 bridgehead atoms. The van der Waals surface area contributed by atoms with Crippen LogP contribution in [0.25, 0.3) is 17.1 Å². The summed E-state index contributed by atoms with van der Waals surface area (Å²) in [7, 11) is 1.65. The molecule has 3 aromatic rings. The molecule has 4 nitrogen and oxygen atoms in total. The van der Waals surface area contributed by atoms with E-state index in [1.807, 2.05) is 18.6 Å². The Labute approximate surface area is 136 Å². The van der Waals surface area contributed by atoms with Gasteiger partial charge in [-0.15, -0.1) is 0 Å². The summed E-state index contributed by atoms with van der Waals surface area (Å²) in [5.41, 5.74) is 5.90. The summed E-state index contributed by atoms with van der Waals surface area (Å²) in [6.45, 7) is 5.17. The Kier molecular flexibility index (Phi) is 4.42. The van der Waals surface area contributed by atoms with Gasteiger partial charge >= 0.3 is 0 Å². The first kappa shape index (κ1) is 15.3. The van der Waals surface area contributed by atoms with Crippen LogP contribution in [-0.4, -0.2) is 21.6 Å². The minimum Gasteiger partial charge on any atom is -0.495 e. The zero-order valence-electron chi connectivity index (χ0n) is 13.8. The SMILES string of the molecule is COc1cncc(/C=C/CCn2cnc3cc(C)c(C)cc32)c1. The van der Waals surface area contributed by atoms with Gasteiger partial charge in [-0.05, 0) is 55.2 Å². The second-order valence-corrected chi connectivity index (χ2v) is 5.71. The smallest absolute Gasteiger partial charge is 0.137 e. The average molecular weight is 307 g/mol. The van der Waals surface area contributed by atoms with Crippen LogP contribution in [0.3, 0.4) is 0 Å². The van der Waals surface area contributed by atoms with Crippen LogP contribution in [0.5, 0.6) is 5.75 Å². The van der Waals surface area contributed by atoms with Gasteiger partial charge in [0.25, 0.3) is 0 Å². The first-order valence-corrected chi connectivity index (χ1v) is 7.75. The Bertz CT molecular complexity index is 849. The van der Waals surface area contributed by atoms with Crippen molar-refractivity contribution in [3.8, 4) is 5.75 Å². The second kappa shape index (κ2) is 6.65. The predicted molar refractivity (Wildman–Crippen MR) is 93.6 cm³/mol. The number of aromatic nitrogens is 3. The second-order valence-electron chi connectivity index (χ2n) is 5.71. The molecule has 23 heavy (non-hydrogen) atoms. The van der Waals surface area contributed by atoms with E-state index >= 15 is 0 Å². The van der Waals surface area contributed by atoms with Crippen LogP contribution in [0, 0.1) is 13.8 Å². The Balaban J connectivity index is 1.69. The summed E-state index contributed by atoms with van der Waals surface area (Å²) in [6.07, 6.45) is 10.6. The number of allylic oxidation sites excluding steroid dienone is 1. The highest BCUT2D eigenvalue weighted by atomic mass is 16.5. The zero-order chi connectivity index (χ0) is 16.2. The molecule has 0 aliphatic rings. The fourth-order valence-corrected chi connectivity index (χ4v) is 2.56. The van der Waals surface area contributed by atoms with Crippen molar-refractivity contribution in [1.82, 2.24) is 14.5 Å². The van der Waals surface area contributed by atoms with Crippen molar-refractivity contribution in [1.29, 1.82) is 0 Å². The number of rotatable bonds is 5. The minimum absolute atomic E-state index is 0.776. The highest BCUT2D eigenvalue weighted by molar-refractivity contribution is 5.77. The van der Waals surface area contributed by atoms with Gasteiger partial charge in [-0.25, -0.2) is 4.98 Å². The van der Waals surface area contributed by atoms with Crippen molar-refractivity contribution in [2.75, 3.05) is 7.11 Å². The number of fused-ring (bicyclic) bond motifs is 1. The molecule has 0 spiro atoms. The summed E-state index contributed by atoms with van der Waals surface area (Å²) in [5, 5.41) is 0. The standard InChI is InChI=1S/C19H21N3O/c1-14-8-18-19(9-15(14)2)22(13-21-18)7-5-4-6-16-10-17(23-3)12-20-11-16/h4,6,8-13H,5,7H2,1-3H3/b6-4+. The van der Waals surface area contributed by atoms with Crippen LogP contribution >= 0.6 is 0 Å². The fraction of sp³-hybridized carbons (Fsp3) is 0.263. The maximum Gasteiger partial charge on any atom is 0.137 e. The Hall–Kier alpha value is -2.62. The molecule has 0 atom stereocenters. The highest BCUT2D eigenvalue weighted by Gasteiger charge is 2.04. The number of imidazole rings is 1. The summed E-state index contributed by atoms with van der Waals surface area (Å²) >= 11 is 0. The van der Waals surface area contributed by atoms with E-state index in [0.29, 0.717) is 0 Å². The molecule has 0 aliphatic carbocycles. The molecule has 0 amide bonds. The van der Waals surface area contributed by atoms with E-state index in [1.54, 1.807) is 13.3 Å². The lowest BCUT2D eigenvalue weighted by molar-refractivity contribution is 0.413. The molecule has 0 aliphatic heterocycles. The lowest BCUT2D eigenvalue weighted by Crippen LogP contribution is -1.95. The largest absolute Gasteiger partial charge is 0.495 e. The van der Waals surface area contributed by atoms with E-state index in [9.17, 15) is 0 Å². The normalized spacial score (nSPS) is 11.4. The molecule has 4 heteroatoms. The van der Waals surface area contributed by atoms with E-state index in [4.69, 9.17) is 4.74 Å². The highest BCUT2D eigenvalue weighted by Crippen LogP contribution is 2.19. The van der Waals surface area contributed by atoms with E-state index < -0.39 is 0 Å². The molecular formula is C19H21N3O. The topological polar surface area (TPSA) is 39.9 Å². The van der Waals surface area contributed by atoms with Gasteiger partial charge in [-0.3, -0.25) is 4.98 Å². The molecule has 118 valence electrons. The number of hydrogen-bond donors (Lipinski definition) is 0. The van der Waals surface area contributed by atoms with E-state index in [0.717, 1.165) is 29.8 Å². The number of nitrogens with zero attached hydrogens (tertiary/aromatic N) is 3. The fourth-order valence-electron chi connectivity index (χ4n) is 2.56. The lowest BCUT2D eigenvalue weighted by atomic mass is 10.1. The van der Waals surface area contributed by atoms with E-state index in [-0.39, 0.29) is 0 Å². The summed E-state index contributed by atoms with van der Waals surface area (Å²) in [4.78, 5) is 8.64. The Morgan fingerprint density at radius 3 is 2.78 bits per heavy atom. The van der Waals surface area contributed by atoms with Crippen molar-refractivity contribution in [3.63, 3.8) is 0 Å². The molecule has 2 heterocycles. The predicted octanol–water partition coefficient (Wildman–Crippen LogP) is 4.16. The average Bonchev–Trinajstić information content (AvgIpc) is 2.94. The number of pyridine rings is 1. The van der Waals surface area contributed by atoms with Gasteiger partial charge in [0.1, 0.15) is 5.75 Å². The van der Waals surface area contributed by atoms with Crippen molar-refractivity contribution in [2.24, 2.45) is 0 Å². The first-order valence-electron chi connectivity index (χ1n) is 7.75. The number of aryl methyl sites for hydroxylation is 3. The molecule has 0 fully saturated rings. The molecule has 0 unspecified atom stereocenters. The zero-order valence-corrected chi connectivity index (χ0v) is 13.8. The third-order valence-corrected chi connectivity index (χ3v) is 4.05. The number of methoxy groups -OCH3 is 1. The summed E-state index contributed by atoms with van der Waals surface area (Å²) in [6, 6.07) is 6.34. The lowest BCUT2D eigenvalue weighted by Gasteiger charge is -2.04. The van der Waals surface area contributed by atoms with Crippen LogP contribution < -0.4 is 4.74 Å². The van der Waals surface area contributed by atoms with Crippen LogP contribution in [0.2, 0.25) is 0 Å². The molecule has 0 saturated carbocycles. The van der Waals surface area contributed by atoms with Crippen molar-refractivity contribution < 1.29 is 4.74 Å². The van der Waals surface area contributed by atoms with E-state index in [2.05, 4.69) is 52.7 Å². The van der Waals surface area contributed by atoms with Crippen LogP contribution in [-0.2, 0) is 6.54 Å². The maximum absolute atomic E-state index is 5.18. The molecule has 1 aromatic carbocycles. The van der Waals surface area contributed by atoms with Gasteiger partial charge in [0.2, 0.25) is 0 Å². The number of hydrogen-bond acceptors (Lipinski definition) is 3. The van der Waals surface area contributed by atoms with Crippen molar-refractivity contribution in [2.45, 2.75) is 26.8 Å². The maximum atomic E-state index is 5.18. The third-order valence-electron chi connectivity index (χ3n) is 4.05. The van der Waals surface area contributed by atoms with Crippen LogP contribution in [0.15, 0.2) is 43.0 Å². The minimum atomic E-state index is 0.776. The van der Waals surface area contributed by atoms with Crippen LogP contribution in [0.1, 0.15) is 23.1 Å². The number of benzene rings is 1. The summed E-state index contributed by atoms with van der Waals surface area (Å²) < 4.78 is 7.38. The quantitative estimate of drug-likeness (QED) is 0.710. The van der Waals surface area contributed by atoms with Gasteiger partial charge in [-0.1, -0.05) is 12.2 Å². The van der Waals surface area contributed by atoms with Crippen LogP contribution in [0.4, 0.5) is 0 Å². The van der Waals surface area contributed by atoms with Gasteiger partial charge in [0.15, 0.2) is 0 Å². The van der Waals surface area contributed by atoms with Gasteiger partial charge in [0, 0.05) is 12.7 Å². The first-order chi connectivity index (χ1) is 11.2. The van der Waals surface area contributed by atoms with Crippen molar-refractivity contribution >= 4 is 17.1 Å². The van der Waals surface area contributed by atoms with Gasteiger partial charge < -0.3 is 9.30 Å². The van der Waals surface area contributed by atoms with Crippen molar-refractivity contribution in [3.05, 3.63) is 59.7 Å². The molecule has 3 rings (SSSR count).